The number of nitrogens with zero attached hydrogens (tertiary/aromatic N) is 5. The third-order valence-electron chi connectivity index (χ3n) is 20.2. The number of benzene rings is 13. The van der Waals surface area contributed by atoms with Crippen LogP contribution in [-0.2, 0) is 0 Å². The van der Waals surface area contributed by atoms with Crippen molar-refractivity contribution in [1.29, 1.82) is 0 Å². The second-order valence-electron chi connectivity index (χ2n) is 24.1. The van der Waals surface area contributed by atoms with Gasteiger partial charge >= 0.3 is 0 Å². The minimum Gasteiger partial charge on any atom is -0.311 e. The molecule has 21 rings (SSSR count). The summed E-state index contributed by atoms with van der Waals surface area (Å²) in [5.74, 6) is -0.0557. The fourth-order valence-corrected chi connectivity index (χ4v) is 17.2. The normalized spacial score (nSPS) is 14.5. The van der Waals surface area contributed by atoms with Crippen LogP contribution in [0.4, 0.5) is 34.1 Å². The van der Waals surface area contributed by atoms with Gasteiger partial charge in [0.2, 0.25) is 6.71 Å². The second-order valence-corrected chi connectivity index (χ2v) is 24.1. The zero-order valence-electron chi connectivity index (χ0n) is 46.5. The van der Waals surface area contributed by atoms with Gasteiger partial charge in [-0.25, -0.2) is 0 Å². The molecule has 394 valence electrons. The molecular weight excluding hydrogens is 1040 g/mol. The van der Waals surface area contributed by atoms with Crippen LogP contribution in [0.3, 0.4) is 0 Å². The first-order chi connectivity index (χ1) is 42.8. The number of anilines is 6. The Balaban J connectivity index is 0.973. The van der Waals surface area contributed by atoms with E-state index in [0.29, 0.717) is 0 Å². The van der Waals surface area contributed by atoms with E-state index >= 15 is 0 Å². The lowest BCUT2D eigenvalue weighted by molar-refractivity contribution is 1.02. The van der Waals surface area contributed by atoms with Crippen molar-refractivity contribution in [2.45, 2.75) is 5.92 Å². The number of rotatable bonds is 4. The molecule has 0 fully saturated rings. The third kappa shape index (κ3) is 5.55. The molecule has 0 saturated heterocycles. The minimum atomic E-state index is -0.0557. The van der Waals surface area contributed by atoms with Gasteiger partial charge in [0.25, 0.3) is 6.71 Å². The SMILES string of the molecule is c1ccc(N2c3ccccc3B3c4ccccc4C4c5cc6c7c(-n8c9ccccc9c9ccccc98)cc8c9c7n(c6cc5-c5c(-n6c7ccccc7c7ccccc76)cc2c3c54)-c2ccccc2B9c2ccccc2N8c2ccccc2)cc1. The topological polar surface area (TPSA) is 21.3 Å². The zero-order chi connectivity index (χ0) is 55.6. The van der Waals surface area contributed by atoms with Gasteiger partial charge in [-0.1, -0.05) is 194 Å². The van der Waals surface area contributed by atoms with Crippen LogP contribution in [0.5, 0.6) is 0 Å². The summed E-state index contributed by atoms with van der Waals surface area (Å²) in [5.41, 5.74) is 32.9. The van der Waals surface area contributed by atoms with Gasteiger partial charge in [0.05, 0.1) is 44.5 Å². The Morgan fingerprint density at radius 2 is 0.709 bits per heavy atom. The highest BCUT2D eigenvalue weighted by molar-refractivity contribution is 7.01. The van der Waals surface area contributed by atoms with Gasteiger partial charge in [-0.3, -0.25) is 0 Å². The first kappa shape index (κ1) is 45.5. The standard InChI is InChI=1S/C79H47B2N5/c1-3-23-47(24-4-1)82-65-40-20-13-33-58(65)80-57-32-12-7-31-53(57)73-54-43-56-68(44-55(54)74-69(45-71(82)77(80)76(73)74)84-61-36-16-8-27-49(61)50-28-9-17-37-62(50)84)86-67-42-22-15-35-60(67)81-59-34-14-21-41-66(59)83(48-25-5-2-6-26-48)72-46-70(75(56)79(86)78(72)81)85-63-38-18-10-29-51(63)52-30-11-19-39-64(52)85/h1-46,73H. The molecule has 5 aliphatic rings. The van der Waals surface area contributed by atoms with Crippen LogP contribution in [0.2, 0.25) is 0 Å². The molecule has 0 bridgehead atoms. The van der Waals surface area contributed by atoms with Crippen LogP contribution in [0, 0.1) is 0 Å². The van der Waals surface area contributed by atoms with Crippen LogP contribution in [0.25, 0.3) is 93.6 Å². The van der Waals surface area contributed by atoms with E-state index in [1.54, 1.807) is 0 Å². The third-order valence-corrected chi connectivity index (χ3v) is 20.2. The molecule has 1 unspecified atom stereocenters. The molecule has 7 heteroatoms. The van der Waals surface area contributed by atoms with Crippen molar-refractivity contribution in [3.05, 3.63) is 296 Å². The lowest BCUT2D eigenvalue weighted by Crippen LogP contribution is -2.61. The van der Waals surface area contributed by atoms with Gasteiger partial charge in [-0.15, -0.1) is 0 Å². The van der Waals surface area contributed by atoms with Gasteiger partial charge in [0, 0.05) is 83.6 Å². The molecule has 0 saturated carbocycles. The maximum atomic E-state index is 2.69. The number of fused-ring (bicyclic) bond motifs is 22. The fraction of sp³-hybridized carbons (Fsp3) is 0.0127. The predicted molar refractivity (Wildman–Crippen MR) is 361 cm³/mol. The molecule has 0 N–H and O–H groups in total. The maximum absolute atomic E-state index is 2.69. The number of hydrogen-bond acceptors (Lipinski definition) is 2. The molecule has 1 atom stereocenters. The number of aromatic nitrogens is 3. The van der Waals surface area contributed by atoms with E-state index in [4.69, 9.17) is 0 Å². The summed E-state index contributed by atoms with van der Waals surface area (Å²) in [5, 5.41) is 7.53. The highest BCUT2D eigenvalue weighted by Crippen LogP contribution is 2.57. The Labute approximate surface area is 496 Å². The first-order valence-electron chi connectivity index (χ1n) is 30.2. The number of hydrogen-bond donors (Lipinski definition) is 0. The zero-order valence-corrected chi connectivity index (χ0v) is 46.5. The summed E-state index contributed by atoms with van der Waals surface area (Å²) in [7, 11) is 0. The minimum absolute atomic E-state index is 0.0116. The quantitative estimate of drug-likeness (QED) is 0.164. The summed E-state index contributed by atoms with van der Waals surface area (Å²) < 4.78 is 7.90. The van der Waals surface area contributed by atoms with Crippen molar-refractivity contribution in [2.75, 3.05) is 9.80 Å². The van der Waals surface area contributed by atoms with Crippen LogP contribution in [0.15, 0.2) is 279 Å². The lowest BCUT2D eigenvalue weighted by Gasteiger charge is -2.42. The molecule has 3 aromatic heterocycles. The molecule has 7 heterocycles. The van der Waals surface area contributed by atoms with E-state index in [1.165, 1.54) is 166 Å². The molecule has 16 aromatic rings. The van der Waals surface area contributed by atoms with E-state index < -0.39 is 0 Å². The summed E-state index contributed by atoms with van der Waals surface area (Å²) in [4.78, 5) is 5.12. The Kier molecular flexibility index (Phi) is 8.68. The summed E-state index contributed by atoms with van der Waals surface area (Å²) in [6.07, 6.45) is 0. The highest BCUT2D eigenvalue weighted by Gasteiger charge is 2.50. The van der Waals surface area contributed by atoms with Crippen molar-refractivity contribution in [3.8, 4) is 28.2 Å². The van der Waals surface area contributed by atoms with E-state index in [9.17, 15) is 0 Å². The summed E-state index contributed by atoms with van der Waals surface area (Å²) in [6.45, 7) is 0.00804. The largest absolute Gasteiger partial charge is 0.311 e. The highest BCUT2D eigenvalue weighted by atomic mass is 15.2. The number of para-hydroxylation sites is 9. The van der Waals surface area contributed by atoms with Crippen molar-refractivity contribution in [3.63, 3.8) is 0 Å². The molecule has 4 aliphatic heterocycles. The van der Waals surface area contributed by atoms with Crippen molar-refractivity contribution in [1.82, 2.24) is 13.7 Å². The second kappa shape index (κ2) is 16.4. The maximum Gasteiger partial charge on any atom is 0.252 e. The van der Waals surface area contributed by atoms with Crippen molar-refractivity contribution >= 4 is 146 Å². The lowest BCUT2D eigenvalue weighted by atomic mass is 9.31. The van der Waals surface area contributed by atoms with Gasteiger partial charge in [0.1, 0.15) is 0 Å². The molecule has 1 aliphatic carbocycles. The Morgan fingerprint density at radius 3 is 1.28 bits per heavy atom. The Hall–Kier alpha value is -11.0. The van der Waals surface area contributed by atoms with Gasteiger partial charge in [0.15, 0.2) is 0 Å². The fourth-order valence-electron chi connectivity index (χ4n) is 17.2. The predicted octanol–water partition coefficient (Wildman–Crippen LogP) is 15.4. The van der Waals surface area contributed by atoms with Crippen molar-refractivity contribution in [2.24, 2.45) is 0 Å². The van der Waals surface area contributed by atoms with E-state index in [0.717, 1.165) is 11.4 Å². The molecule has 0 amide bonds. The average molecular weight is 1090 g/mol. The Bertz CT molecular complexity index is 5610. The monoisotopic (exact) mass is 1090 g/mol. The van der Waals surface area contributed by atoms with Crippen LogP contribution < -0.4 is 42.6 Å². The molecule has 13 aromatic carbocycles. The van der Waals surface area contributed by atoms with E-state index in [2.05, 4.69) is 303 Å². The van der Waals surface area contributed by atoms with Gasteiger partial charge < -0.3 is 23.5 Å². The van der Waals surface area contributed by atoms with E-state index in [-0.39, 0.29) is 19.3 Å². The Morgan fingerprint density at radius 1 is 0.279 bits per heavy atom. The average Bonchev–Trinajstić information content (AvgIpc) is 1.44. The molecule has 86 heavy (non-hydrogen) atoms. The first-order valence-corrected chi connectivity index (χ1v) is 30.2. The van der Waals surface area contributed by atoms with Crippen LogP contribution in [0.1, 0.15) is 22.6 Å². The smallest absolute Gasteiger partial charge is 0.252 e. The molecule has 0 spiro atoms. The van der Waals surface area contributed by atoms with Crippen molar-refractivity contribution < 1.29 is 0 Å². The molecular formula is C79H47B2N5. The molecule has 0 radical (unpaired) electrons. The van der Waals surface area contributed by atoms with Crippen LogP contribution in [-0.4, -0.2) is 27.1 Å². The summed E-state index contributed by atoms with van der Waals surface area (Å²) >= 11 is 0. The summed E-state index contributed by atoms with van der Waals surface area (Å²) in [6, 6.07) is 106. The van der Waals surface area contributed by atoms with E-state index in [1.807, 2.05) is 0 Å². The van der Waals surface area contributed by atoms with Gasteiger partial charge in [-0.2, -0.15) is 0 Å². The van der Waals surface area contributed by atoms with Crippen LogP contribution >= 0.6 is 0 Å². The van der Waals surface area contributed by atoms with Gasteiger partial charge in [-0.05, 0) is 141 Å². The molecule has 5 nitrogen and oxygen atoms in total.